The van der Waals surface area contributed by atoms with E-state index in [1.165, 1.54) is 12.1 Å². The summed E-state index contributed by atoms with van der Waals surface area (Å²) in [7, 11) is 1.57. The first-order chi connectivity index (χ1) is 10.0. The van der Waals surface area contributed by atoms with Crippen LogP contribution in [0.15, 0.2) is 36.4 Å². The SMILES string of the molecule is COc1cc(Cl)c(C)cc1NCc1ccc(C(F)F)cc1. The van der Waals surface area contributed by atoms with E-state index in [2.05, 4.69) is 5.32 Å². The maximum atomic E-state index is 12.5. The first-order valence-corrected chi connectivity index (χ1v) is 6.84. The summed E-state index contributed by atoms with van der Waals surface area (Å²) in [5, 5.41) is 3.86. The number of hydrogen-bond donors (Lipinski definition) is 1. The van der Waals surface area contributed by atoms with Crippen molar-refractivity contribution in [3.05, 3.63) is 58.1 Å². The van der Waals surface area contributed by atoms with Gasteiger partial charge in [0.25, 0.3) is 6.43 Å². The Bertz CT molecular complexity index is 614. The van der Waals surface area contributed by atoms with E-state index < -0.39 is 6.43 Å². The van der Waals surface area contributed by atoms with Crippen LogP contribution < -0.4 is 10.1 Å². The third-order valence-corrected chi connectivity index (χ3v) is 3.60. The number of alkyl halides is 2. The molecule has 2 nitrogen and oxygen atoms in total. The Morgan fingerprint density at radius 1 is 1.19 bits per heavy atom. The van der Waals surface area contributed by atoms with Crippen LogP contribution in [0.5, 0.6) is 5.75 Å². The van der Waals surface area contributed by atoms with Crippen LogP contribution in [0.25, 0.3) is 0 Å². The molecule has 5 heteroatoms. The average Bonchev–Trinajstić information content (AvgIpc) is 2.48. The van der Waals surface area contributed by atoms with Gasteiger partial charge in [-0.1, -0.05) is 35.9 Å². The van der Waals surface area contributed by atoms with Crippen molar-refractivity contribution in [3.8, 4) is 5.75 Å². The first-order valence-electron chi connectivity index (χ1n) is 6.46. The van der Waals surface area contributed by atoms with Gasteiger partial charge >= 0.3 is 0 Å². The van der Waals surface area contributed by atoms with E-state index in [0.717, 1.165) is 16.8 Å². The molecule has 0 atom stereocenters. The van der Waals surface area contributed by atoms with Crippen LogP contribution in [0.3, 0.4) is 0 Å². The van der Waals surface area contributed by atoms with E-state index in [-0.39, 0.29) is 5.56 Å². The third-order valence-electron chi connectivity index (χ3n) is 3.20. The zero-order valence-corrected chi connectivity index (χ0v) is 12.5. The Morgan fingerprint density at radius 2 is 1.86 bits per heavy atom. The molecule has 0 amide bonds. The molecule has 112 valence electrons. The highest BCUT2D eigenvalue weighted by Gasteiger charge is 2.08. The van der Waals surface area contributed by atoms with Crippen molar-refractivity contribution in [1.82, 2.24) is 0 Å². The number of benzene rings is 2. The van der Waals surface area contributed by atoms with Gasteiger partial charge in [-0.3, -0.25) is 0 Å². The number of hydrogen-bond acceptors (Lipinski definition) is 2. The highest BCUT2D eigenvalue weighted by molar-refractivity contribution is 6.31. The maximum absolute atomic E-state index is 12.5. The molecule has 0 saturated heterocycles. The van der Waals surface area contributed by atoms with Crippen molar-refractivity contribution >= 4 is 17.3 Å². The summed E-state index contributed by atoms with van der Waals surface area (Å²) in [6.45, 7) is 2.42. The second-order valence-corrected chi connectivity index (χ2v) is 5.10. The van der Waals surface area contributed by atoms with Crippen LogP contribution in [0.4, 0.5) is 14.5 Å². The molecule has 0 aromatic heterocycles. The molecule has 0 saturated carbocycles. The third kappa shape index (κ3) is 3.85. The Labute approximate surface area is 127 Å². The van der Waals surface area contributed by atoms with Crippen LogP contribution >= 0.6 is 11.6 Å². The zero-order chi connectivity index (χ0) is 15.4. The lowest BCUT2D eigenvalue weighted by Gasteiger charge is -2.13. The molecule has 0 aliphatic carbocycles. The molecule has 21 heavy (non-hydrogen) atoms. The van der Waals surface area contributed by atoms with Crippen molar-refractivity contribution in [2.75, 3.05) is 12.4 Å². The van der Waals surface area contributed by atoms with Crippen molar-refractivity contribution in [2.24, 2.45) is 0 Å². The minimum atomic E-state index is -2.44. The summed E-state index contributed by atoms with van der Waals surface area (Å²) in [5.41, 5.74) is 2.69. The molecular weight excluding hydrogens is 296 g/mol. The molecule has 0 fully saturated rings. The topological polar surface area (TPSA) is 21.3 Å². The number of nitrogens with one attached hydrogen (secondary N) is 1. The summed E-state index contributed by atoms with van der Waals surface area (Å²) in [6.07, 6.45) is -2.44. The highest BCUT2D eigenvalue weighted by Crippen LogP contribution is 2.31. The molecule has 2 rings (SSSR count). The smallest absolute Gasteiger partial charge is 0.263 e. The fraction of sp³-hybridized carbons (Fsp3) is 0.250. The maximum Gasteiger partial charge on any atom is 0.263 e. The molecule has 0 heterocycles. The normalized spacial score (nSPS) is 10.8. The standard InChI is InChI=1S/C16H16ClF2NO/c1-10-7-14(15(21-2)8-13(10)17)20-9-11-3-5-12(6-4-11)16(18)19/h3-8,16,20H,9H2,1-2H3. The largest absolute Gasteiger partial charge is 0.495 e. The van der Waals surface area contributed by atoms with Crippen LogP contribution in [0, 0.1) is 6.92 Å². The summed E-state index contributed by atoms with van der Waals surface area (Å²) < 4.78 is 30.2. The quantitative estimate of drug-likeness (QED) is 0.818. The fourth-order valence-corrected chi connectivity index (χ4v) is 2.10. The molecule has 0 radical (unpaired) electrons. The van der Waals surface area contributed by atoms with Gasteiger partial charge in [-0.05, 0) is 24.1 Å². The van der Waals surface area contributed by atoms with Gasteiger partial charge in [0.2, 0.25) is 0 Å². The van der Waals surface area contributed by atoms with Crippen LogP contribution in [-0.2, 0) is 6.54 Å². The van der Waals surface area contributed by atoms with Crippen molar-refractivity contribution in [3.63, 3.8) is 0 Å². The van der Waals surface area contributed by atoms with Gasteiger partial charge in [0.15, 0.2) is 0 Å². The summed E-state index contributed by atoms with van der Waals surface area (Å²) in [4.78, 5) is 0. The Hall–Kier alpha value is -1.81. The van der Waals surface area contributed by atoms with Crippen LogP contribution in [-0.4, -0.2) is 7.11 Å². The zero-order valence-electron chi connectivity index (χ0n) is 11.8. The van der Waals surface area contributed by atoms with E-state index in [9.17, 15) is 8.78 Å². The van der Waals surface area contributed by atoms with Gasteiger partial charge in [-0.2, -0.15) is 0 Å². The molecule has 0 spiro atoms. The predicted octanol–water partition coefficient (Wildman–Crippen LogP) is 5.21. The van der Waals surface area contributed by atoms with Crippen molar-refractivity contribution in [1.29, 1.82) is 0 Å². The lowest BCUT2D eigenvalue weighted by atomic mass is 10.1. The predicted molar refractivity (Wildman–Crippen MR) is 81.5 cm³/mol. The molecule has 0 bridgehead atoms. The minimum absolute atomic E-state index is 0.0265. The van der Waals surface area contributed by atoms with E-state index in [0.29, 0.717) is 17.3 Å². The second kappa shape index (κ2) is 6.76. The number of aryl methyl sites for hydroxylation is 1. The molecular formula is C16H16ClF2NO. The summed E-state index contributed by atoms with van der Waals surface area (Å²) in [5.74, 6) is 0.648. The number of ether oxygens (including phenoxy) is 1. The van der Waals surface area contributed by atoms with Crippen LogP contribution in [0.1, 0.15) is 23.1 Å². The number of methoxy groups -OCH3 is 1. The van der Waals surface area contributed by atoms with E-state index >= 15 is 0 Å². The molecule has 0 unspecified atom stereocenters. The van der Waals surface area contributed by atoms with Crippen molar-refractivity contribution in [2.45, 2.75) is 19.9 Å². The van der Waals surface area contributed by atoms with Gasteiger partial charge < -0.3 is 10.1 Å². The van der Waals surface area contributed by atoms with Gasteiger partial charge in [-0.15, -0.1) is 0 Å². The Balaban J connectivity index is 2.10. The Morgan fingerprint density at radius 3 is 2.43 bits per heavy atom. The molecule has 2 aromatic rings. The first kappa shape index (κ1) is 15.6. The molecule has 2 aromatic carbocycles. The van der Waals surface area contributed by atoms with Gasteiger partial charge in [0.1, 0.15) is 5.75 Å². The van der Waals surface area contributed by atoms with Gasteiger partial charge in [0.05, 0.1) is 12.8 Å². The van der Waals surface area contributed by atoms with Gasteiger partial charge in [-0.25, -0.2) is 8.78 Å². The van der Waals surface area contributed by atoms with Crippen molar-refractivity contribution < 1.29 is 13.5 Å². The molecule has 0 aliphatic heterocycles. The van der Waals surface area contributed by atoms with Crippen LogP contribution in [0.2, 0.25) is 5.02 Å². The van der Waals surface area contributed by atoms with Gasteiger partial charge in [0, 0.05) is 23.2 Å². The average molecular weight is 312 g/mol. The van der Waals surface area contributed by atoms with E-state index in [1.807, 2.05) is 13.0 Å². The molecule has 0 aliphatic rings. The summed E-state index contributed by atoms with van der Waals surface area (Å²) in [6, 6.07) is 9.89. The number of rotatable bonds is 5. The number of halogens is 3. The lowest BCUT2D eigenvalue weighted by molar-refractivity contribution is 0.151. The van der Waals surface area contributed by atoms with E-state index in [1.54, 1.807) is 25.3 Å². The minimum Gasteiger partial charge on any atom is -0.495 e. The summed E-state index contributed by atoms with van der Waals surface area (Å²) >= 11 is 6.05. The monoisotopic (exact) mass is 311 g/mol. The molecule has 1 N–H and O–H groups in total. The number of anilines is 1. The second-order valence-electron chi connectivity index (χ2n) is 4.70. The fourth-order valence-electron chi connectivity index (χ4n) is 1.95. The lowest BCUT2D eigenvalue weighted by Crippen LogP contribution is -2.02. The highest BCUT2D eigenvalue weighted by atomic mass is 35.5. The Kier molecular flexibility index (Phi) is 5.02. The van der Waals surface area contributed by atoms with E-state index in [4.69, 9.17) is 16.3 Å².